The third-order valence-corrected chi connectivity index (χ3v) is 1.78. The lowest BCUT2D eigenvalue weighted by Crippen LogP contribution is -2.53. The van der Waals surface area contributed by atoms with Crippen molar-refractivity contribution in [3.63, 3.8) is 0 Å². The first-order valence-corrected chi connectivity index (χ1v) is 4.43. The van der Waals surface area contributed by atoms with Crippen molar-refractivity contribution >= 4 is 5.78 Å². The molecule has 0 unspecified atom stereocenters. The van der Waals surface area contributed by atoms with Gasteiger partial charge < -0.3 is 4.74 Å². The number of Topliss-reactive ketones (excluding diaryl/α,β-unsaturated/α-hetero) is 1. The van der Waals surface area contributed by atoms with Crippen molar-refractivity contribution in [1.29, 1.82) is 0 Å². The van der Waals surface area contributed by atoms with E-state index in [1.807, 2.05) is 0 Å². The van der Waals surface area contributed by atoms with Gasteiger partial charge in [-0.3, -0.25) is 4.79 Å². The predicted molar refractivity (Wildman–Crippen MR) is 41.8 cm³/mol. The molecule has 102 valence electrons. The number of hydrogen-bond acceptors (Lipinski definition) is 2. The van der Waals surface area contributed by atoms with E-state index >= 15 is 0 Å². The van der Waals surface area contributed by atoms with Crippen molar-refractivity contribution in [3.8, 4) is 0 Å². The van der Waals surface area contributed by atoms with Crippen molar-refractivity contribution in [1.82, 2.24) is 0 Å². The van der Waals surface area contributed by atoms with Gasteiger partial charge in [-0.1, -0.05) is 6.92 Å². The average Bonchev–Trinajstić information content (AvgIpc) is 2.15. The molecule has 0 aliphatic rings. The molecule has 17 heavy (non-hydrogen) atoms. The molecule has 0 aliphatic carbocycles. The molecule has 0 radical (unpaired) electrons. The molecule has 0 aliphatic heterocycles. The Labute approximate surface area is 91.7 Å². The van der Waals surface area contributed by atoms with Crippen LogP contribution in [0.1, 0.15) is 19.8 Å². The van der Waals surface area contributed by atoms with E-state index in [1.165, 1.54) is 6.92 Å². The van der Waals surface area contributed by atoms with Gasteiger partial charge in [-0.25, -0.2) is 0 Å². The molecule has 0 saturated carbocycles. The highest BCUT2D eigenvalue weighted by Crippen LogP contribution is 2.46. The first-order chi connectivity index (χ1) is 7.45. The third kappa shape index (κ3) is 3.83. The van der Waals surface area contributed by atoms with Crippen LogP contribution in [0.3, 0.4) is 0 Å². The summed E-state index contributed by atoms with van der Waals surface area (Å²) in [4.78, 5) is 10.6. The minimum absolute atomic E-state index is 0.0510. The van der Waals surface area contributed by atoms with Crippen LogP contribution < -0.4 is 0 Å². The molecule has 0 aromatic carbocycles. The molecular formula is C8H9F7O2. The van der Waals surface area contributed by atoms with Gasteiger partial charge in [0.15, 0.2) is 0 Å². The van der Waals surface area contributed by atoms with Crippen LogP contribution in [0.25, 0.3) is 0 Å². The molecule has 0 saturated heterocycles. The monoisotopic (exact) mass is 270 g/mol. The van der Waals surface area contributed by atoms with Crippen LogP contribution in [-0.4, -0.2) is 30.6 Å². The van der Waals surface area contributed by atoms with E-state index in [9.17, 15) is 35.5 Å². The normalized spacial score (nSPS) is 13.9. The summed E-state index contributed by atoms with van der Waals surface area (Å²) in [6, 6.07) is 0. The zero-order chi connectivity index (χ0) is 13.9. The Morgan fingerprint density at radius 2 is 1.53 bits per heavy atom. The number of hydrogen-bond donors (Lipinski definition) is 0. The second-order valence-electron chi connectivity index (χ2n) is 3.08. The lowest BCUT2D eigenvalue weighted by molar-refractivity contribution is -0.423. The zero-order valence-corrected chi connectivity index (χ0v) is 8.58. The van der Waals surface area contributed by atoms with Gasteiger partial charge in [0.25, 0.3) is 0 Å². The van der Waals surface area contributed by atoms with Gasteiger partial charge in [-0.15, -0.1) is 0 Å². The quantitative estimate of drug-likeness (QED) is 0.693. The molecule has 0 N–H and O–H groups in total. The standard InChI is InChI=1S/C8H9F7O2/c1-2-5(16)3-4-17-8(14,15)6(9,10)7(11,12)13/h2-4H2,1H3. The minimum atomic E-state index is -6.43. The molecular weight excluding hydrogens is 261 g/mol. The molecule has 0 aromatic heterocycles. The molecule has 2 nitrogen and oxygen atoms in total. The van der Waals surface area contributed by atoms with Gasteiger partial charge in [-0.2, -0.15) is 30.7 Å². The number of carbonyl (C=O) groups is 1. The lowest BCUT2D eigenvalue weighted by Gasteiger charge is -2.27. The average molecular weight is 270 g/mol. The fourth-order valence-electron chi connectivity index (χ4n) is 0.725. The highest BCUT2D eigenvalue weighted by Gasteiger charge is 2.74. The number of alkyl halides is 7. The maximum atomic E-state index is 12.4. The summed E-state index contributed by atoms with van der Waals surface area (Å²) in [7, 11) is 0. The second kappa shape index (κ2) is 5.19. The molecule has 0 bridgehead atoms. The molecule has 9 heteroatoms. The Bertz CT molecular complexity index is 272. The number of rotatable bonds is 6. The Hall–Kier alpha value is -0.860. The third-order valence-electron chi connectivity index (χ3n) is 1.78. The van der Waals surface area contributed by atoms with Crippen LogP contribution in [0.15, 0.2) is 0 Å². The van der Waals surface area contributed by atoms with Gasteiger partial charge in [0.05, 0.1) is 6.61 Å². The van der Waals surface area contributed by atoms with Crippen LogP contribution >= 0.6 is 0 Å². The van der Waals surface area contributed by atoms with Gasteiger partial charge in [0, 0.05) is 12.8 Å². The molecule has 0 rings (SSSR count). The Morgan fingerprint density at radius 3 is 1.88 bits per heavy atom. The zero-order valence-electron chi connectivity index (χ0n) is 8.58. The molecule has 0 fully saturated rings. The minimum Gasteiger partial charge on any atom is -0.315 e. The number of halogens is 7. The van der Waals surface area contributed by atoms with Crippen LogP contribution in [0, 0.1) is 0 Å². The van der Waals surface area contributed by atoms with Crippen LogP contribution in [0.5, 0.6) is 0 Å². The fourth-order valence-corrected chi connectivity index (χ4v) is 0.725. The van der Waals surface area contributed by atoms with E-state index in [2.05, 4.69) is 4.74 Å². The van der Waals surface area contributed by atoms with Gasteiger partial charge in [0.1, 0.15) is 5.78 Å². The van der Waals surface area contributed by atoms with E-state index in [4.69, 9.17) is 0 Å². The van der Waals surface area contributed by atoms with Gasteiger partial charge in [-0.05, 0) is 0 Å². The Balaban J connectivity index is 4.52. The summed E-state index contributed by atoms with van der Waals surface area (Å²) in [5.41, 5.74) is 0. The largest absolute Gasteiger partial charge is 0.462 e. The fraction of sp³-hybridized carbons (Fsp3) is 0.875. The highest BCUT2D eigenvalue weighted by atomic mass is 19.4. The van der Waals surface area contributed by atoms with E-state index in [0.717, 1.165) is 0 Å². The number of ether oxygens (including phenoxy) is 1. The molecule has 0 amide bonds. The number of carbonyl (C=O) groups excluding carboxylic acids is 1. The first kappa shape index (κ1) is 16.1. The van der Waals surface area contributed by atoms with E-state index < -0.39 is 37.0 Å². The highest BCUT2D eigenvalue weighted by molar-refractivity contribution is 5.78. The second-order valence-corrected chi connectivity index (χ2v) is 3.08. The van der Waals surface area contributed by atoms with Crippen LogP contribution in [-0.2, 0) is 9.53 Å². The smallest absolute Gasteiger partial charge is 0.315 e. The molecule has 0 spiro atoms. The maximum absolute atomic E-state index is 12.4. The van der Waals surface area contributed by atoms with Crippen molar-refractivity contribution in [3.05, 3.63) is 0 Å². The SMILES string of the molecule is CCC(=O)CCOC(F)(F)C(F)(F)C(F)(F)F. The lowest BCUT2D eigenvalue weighted by atomic mass is 10.2. The summed E-state index contributed by atoms with van der Waals surface area (Å²) < 4.78 is 87.3. The van der Waals surface area contributed by atoms with Gasteiger partial charge >= 0.3 is 18.2 Å². The van der Waals surface area contributed by atoms with Crippen molar-refractivity contribution in [2.45, 2.75) is 38.0 Å². The molecule has 0 heterocycles. The summed E-state index contributed by atoms with van der Waals surface area (Å²) in [6.07, 6.45) is -12.8. The summed E-state index contributed by atoms with van der Waals surface area (Å²) in [5, 5.41) is 0. The van der Waals surface area contributed by atoms with E-state index in [0.29, 0.717) is 0 Å². The summed E-state index contributed by atoms with van der Waals surface area (Å²) in [5.74, 6) is -6.88. The van der Waals surface area contributed by atoms with Crippen molar-refractivity contribution in [2.24, 2.45) is 0 Å². The Morgan fingerprint density at radius 1 is 1.06 bits per heavy atom. The maximum Gasteiger partial charge on any atom is 0.462 e. The molecule has 0 atom stereocenters. The van der Waals surface area contributed by atoms with Crippen LogP contribution in [0.4, 0.5) is 30.7 Å². The van der Waals surface area contributed by atoms with Crippen molar-refractivity contribution in [2.75, 3.05) is 6.61 Å². The topological polar surface area (TPSA) is 26.3 Å². The first-order valence-electron chi connectivity index (χ1n) is 4.43. The van der Waals surface area contributed by atoms with E-state index in [-0.39, 0.29) is 6.42 Å². The van der Waals surface area contributed by atoms with E-state index in [1.54, 1.807) is 0 Å². The van der Waals surface area contributed by atoms with Crippen LogP contribution in [0.2, 0.25) is 0 Å². The predicted octanol–water partition coefficient (Wildman–Crippen LogP) is 3.16. The van der Waals surface area contributed by atoms with Crippen molar-refractivity contribution < 1.29 is 40.3 Å². The molecule has 0 aromatic rings. The summed E-state index contributed by atoms with van der Waals surface area (Å²) >= 11 is 0. The van der Waals surface area contributed by atoms with Gasteiger partial charge in [0.2, 0.25) is 0 Å². The Kier molecular flexibility index (Phi) is 4.93. The summed E-state index contributed by atoms with van der Waals surface area (Å²) in [6.45, 7) is 0.177. The number of ketones is 1.